The Morgan fingerprint density at radius 2 is 1.92 bits per heavy atom. The Morgan fingerprint density at radius 3 is 2.31 bits per heavy atom. The minimum absolute atomic E-state index is 0.257. The summed E-state index contributed by atoms with van der Waals surface area (Å²) >= 11 is 0. The molecular formula is C11H23NO. The highest BCUT2D eigenvalue weighted by Crippen LogP contribution is 2.33. The van der Waals surface area contributed by atoms with Crippen molar-refractivity contribution in [2.75, 3.05) is 6.61 Å². The Morgan fingerprint density at radius 1 is 1.31 bits per heavy atom. The van der Waals surface area contributed by atoms with Crippen molar-refractivity contribution >= 4 is 0 Å². The van der Waals surface area contributed by atoms with E-state index < -0.39 is 0 Å². The molecule has 2 nitrogen and oxygen atoms in total. The van der Waals surface area contributed by atoms with E-state index >= 15 is 0 Å². The fraction of sp³-hybridized carbons (Fsp3) is 1.00. The van der Waals surface area contributed by atoms with Crippen LogP contribution in [0.15, 0.2) is 0 Å². The van der Waals surface area contributed by atoms with Crippen LogP contribution >= 0.6 is 0 Å². The summed E-state index contributed by atoms with van der Waals surface area (Å²) in [5.74, 6) is 1.49. The van der Waals surface area contributed by atoms with E-state index in [1.165, 1.54) is 19.3 Å². The molecule has 1 saturated carbocycles. The molecule has 0 aromatic rings. The van der Waals surface area contributed by atoms with Crippen LogP contribution in [-0.2, 0) is 0 Å². The van der Waals surface area contributed by atoms with E-state index in [2.05, 4.69) is 26.1 Å². The molecule has 2 atom stereocenters. The van der Waals surface area contributed by atoms with Gasteiger partial charge in [-0.05, 0) is 25.2 Å². The Bertz CT molecular complexity index is 143. The van der Waals surface area contributed by atoms with Crippen molar-refractivity contribution in [2.24, 2.45) is 11.8 Å². The van der Waals surface area contributed by atoms with Crippen molar-refractivity contribution in [3.63, 3.8) is 0 Å². The Kier molecular flexibility index (Phi) is 4.20. The zero-order valence-electron chi connectivity index (χ0n) is 9.09. The van der Waals surface area contributed by atoms with Gasteiger partial charge in [-0.15, -0.1) is 0 Å². The lowest BCUT2D eigenvalue weighted by Gasteiger charge is -2.24. The summed E-state index contributed by atoms with van der Waals surface area (Å²) in [5.41, 5.74) is 0. The van der Waals surface area contributed by atoms with Crippen LogP contribution in [0.3, 0.4) is 0 Å². The molecule has 0 aromatic carbocycles. The van der Waals surface area contributed by atoms with Gasteiger partial charge in [0.25, 0.3) is 0 Å². The molecule has 0 saturated heterocycles. The van der Waals surface area contributed by atoms with E-state index in [1.54, 1.807) is 0 Å². The number of hydrogen-bond donors (Lipinski definition) is 2. The highest BCUT2D eigenvalue weighted by molar-refractivity contribution is 4.80. The maximum atomic E-state index is 9.13. The summed E-state index contributed by atoms with van der Waals surface area (Å²) < 4.78 is 0. The third kappa shape index (κ3) is 4.10. The Labute approximate surface area is 81.7 Å². The summed E-state index contributed by atoms with van der Waals surface area (Å²) in [7, 11) is 0. The summed E-state index contributed by atoms with van der Waals surface area (Å²) in [6, 6.07) is 0.834. The molecule has 1 aliphatic carbocycles. The topological polar surface area (TPSA) is 32.3 Å². The van der Waals surface area contributed by atoms with E-state index in [9.17, 15) is 0 Å². The summed E-state index contributed by atoms with van der Waals surface area (Å²) in [4.78, 5) is 0. The van der Waals surface area contributed by atoms with Gasteiger partial charge in [0.05, 0.1) is 6.61 Å². The summed E-state index contributed by atoms with van der Waals surface area (Å²) in [6.07, 6.45) is 4.11. The molecule has 0 aromatic heterocycles. The first kappa shape index (κ1) is 11.0. The Balaban J connectivity index is 2.18. The lowest BCUT2D eigenvalue weighted by molar-refractivity contribution is 0.198. The lowest BCUT2D eigenvalue weighted by atomic mass is 10.0. The zero-order chi connectivity index (χ0) is 9.84. The molecule has 0 aliphatic heterocycles. The van der Waals surface area contributed by atoms with Crippen molar-refractivity contribution in [2.45, 2.75) is 52.1 Å². The van der Waals surface area contributed by atoms with E-state index in [-0.39, 0.29) is 12.6 Å². The van der Waals surface area contributed by atoms with Crippen molar-refractivity contribution in [1.29, 1.82) is 0 Å². The van der Waals surface area contributed by atoms with Crippen LogP contribution in [-0.4, -0.2) is 23.8 Å². The molecule has 2 heteroatoms. The standard InChI is InChI=1S/C11H23NO/c1-8(2)11(7-13)12-9(3)6-10-4-5-10/h8-13H,4-7H2,1-3H3/t9?,11-/m1/s1. The van der Waals surface area contributed by atoms with E-state index in [0.717, 1.165) is 5.92 Å². The molecule has 13 heavy (non-hydrogen) atoms. The van der Waals surface area contributed by atoms with Crippen LogP contribution in [0, 0.1) is 11.8 Å². The molecule has 1 unspecified atom stereocenters. The van der Waals surface area contributed by atoms with Gasteiger partial charge in [-0.3, -0.25) is 0 Å². The molecule has 1 fully saturated rings. The first-order valence-corrected chi connectivity index (χ1v) is 5.50. The van der Waals surface area contributed by atoms with E-state index in [4.69, 9.17) is 5.11 Å². The molecule has 1 aliphatic rings. The minimum atomic E-state index is 0.257. The summed E-state index contributed by atoms with van der Waals surface area (Å²) in [5, 5.41) is 12.6. The molecule has 0 radical (unpaired) electrons. The van der Waals surface area contributed by atoms with E-state index in [0.29, 0.717) is 12.0 Å². The van der Waals surface area contributed by atoms with Crippen LogP contribution in [0.5, 0.6) is 0 Å². The first-order chi connectivity index (χ1) is 6.13. The van der Waals surface area contributed by atoms with Gasteiger partial charge in [0.2, 0.25) is 0 Å². The zero-order valence-corrected chi connectivity index (χ0v) is 9.09. The predicted molar refractivity (Wildman–Crippen MR) is 55.7 cm³/mol. The van der Waals surface area contributed by atoms with Crippen LogP contribution in [0.1, 0.15) is 40.0 Å². The molecule has 2 N–H and O–H groups in total. The minimum Gasteiger partial charge on any atom is -0.395 e. The molecular weight excluding hydrogens is 162 g/mol. The monoisotopic (exact) mass is 185 g/mol. The molecule has 1 rings (SSSR count). The van der Waals surface area contributed by atoms with Crippen LogP contribution in [0.2, 0.25) is 0 Å². The fourth-order valence-corrected chi connectivity index (χ4v) is 1.74. The number of nitrogens with one attached hydrogen (secondary N) is 1. The second kappa shape index (κ2) is 4.97. The second-order valence-electron chi connectivity index (χ2n) is 4.78. The fourth-order valence-electron chi connectivity index (χ4n) is 1.74. The van der Waals surface area contributed by atoms with Crippen molar-refractivity contribution in [1.82, 2.24) is 5.32 Å². The van der Waals surface area contributed by atoms with Gasteiger partial charge < -0.3 is 10.4 Å². The van der Waals surface area contributed by atoms with Crippen molar-refractivity contribution in [3.8, 4) is 0 Å². The van der Waals surface area contributed by atoms with Gasteiger partial charge in [0.15, 0.2) is 0 Å². The quantitative estimate of drug-likeness (QED) is 0.661. The van der Waals surface area contributed by atoms with Gasteiger partial charge in [0.1, 0.15) is 0 Å². The number of aliphatic hydroxyl groups is 1. The normalized spacial score (nSPS) is 21.9. The molecule has 0 amide bonds. The number of hydrogen-bond acceptors (Lipinski definition) is 2. The molecule has 0 spiro atoms. The van der Waals surface area contributed by atoms with Crippen molar-refractivity contribution in [3.05, 3.63) is 0 Å². The van der Waals surface area contributed by atoms with Gasteiger partial charge in [-0.2, -0.15) is 0 Å². The van der Waals surface area contributed by atoms with Crippen LogP contribution < -0.4 is 5.32 Å². The largest absolute Gasteiger partial charge is 0.395 e. The average molecular weight is 185 g/mol. The van der Waals surface area contributed by atoms with Crippen LogP contribution in [0.4, 0.5) is 0 Å². The van der Waals surface area contributed by atoms with Gasteiger partial charge in [-0.25, -0.2) is 0 Å². The summed E-state index contributed by atoms with van der Waals surface area (Å²) in [6.45, 7) is 6.78. The average Bonchev–Trinajstić information content (AvgIpc) is 2.83. The maximum absolute atomic E-state index is 9.13. The number of rotatable bonds is 6. The van der Waals surface area contributed by atoms with E-state index in [1.807, 2.05) is 0 Å². The third-order valence-corrected chi connectivity index (χ3v) is 2.88. The highest BCUT2D eigenvalue weighted by Gasteiger charge is 2.24. The Hall–Kier alpha value is -0.0800. The predicted octanol–water partition coefficient (Wildman–Crippen LogP) is 1.78. The molecule has 78 valence electrons. The first-order valence-electron chi connectivity index (χ1n) is 5.50. The number of aliphatic hydroxyl groups excluding tert-OH is 1. The third-order valence-electron chi connectivity index (χ3n) is 2.88. The second-order valence-corrected chi connectivity index (χ2v) is 4.78. The smallest absolute Gasteiger partial charge is 0.0587 e. The van der Waals surface area contributed by atoms with Gasteiger partial charge >= 0.3 is 0 Å². The molecule has 0 heterocycles. The SMILES string of the molecule is CC(CC1CC1)N[C@H](CO)C(C)C. The highest BCUT2D eigenvalue weighted by atomic mass is 16.3. The maximum Gasteiger partial charge on any atom is 0.0587 e. The van der Waals surface area contributed by atoms with Crippen molar-refractivity contribution < 1.29 is 5.11 Å². The molecule has 0 bridgehead atoms. The van der Waals surface area contributed by atoms with Gasteiger partial charge in [0, 0.05) is 12.1 Å². The van der Waals surface area contributed by atoms with Gasteiger partial charge in [-0.1, -0.05) is 26.7 Å². The lowest BCUT2D eigenvalue weighted by Crippen LogP contribution is -2.42. The van der Waals surface area contributed by atoms with Crippen LogP contribution in [0.25, 0.3) is 0 Å².